The van der Waals surface area contributed by atoms with E-state index in [1.807, 2.05) is 6.92 Å². The average molecular weight is 540 g/mol. The summed E-state index contributed by atoms with van der Waals surface area (Å²) in [4.78, 5) is 29.0. The predicted octanol–water partition coefficient (Wildman–Crippen LogP) is 4.72. The fourth-order valence-corrected chi connectivity index (χ4v) is 3.49. The van der Waals surface area contributed by atoms with E-state index in [9.17, 15) is 18.4 Å². The van der Waals surface area contributed by atoms with Crippen LogP contribution in [0.1, 0.15) is 73.6 Å². The Balaban J connectivity index is 0.00000434. The molecule has 8 nitrogen and oxygen atoms in total. The fourth-order valence-electron chi connectivity index (χ4n) is 3.49. The smallest absolute Gasteiger partial charge is 0.247 e. The summed E-state index contributed by atoms with van der Waals surface area (Å²) in [6.07, 6.45) is 6.01. The van der Waals surface area contributed by atoms with Gasteiger partial charge in [0, 0.05) is 13.2 Å². The monoisotopic (exact) mass is 539 g/mol. The molecular formula is C28H47F2N5O3. The summed E-state index contributed by atoms with van der Waals surface area (Å²) in [6, 6.07) is -0.231. The fraction of sp³-hybridized carbons (Fsp3) is 0.607. The molecule has 2 atom stereocenters. The number of nitrogens with one attached hydrogen (secondary N) is 4. The quantitative estimate of drug-likeness (QED) is 0.200. The number of hydrogen-bond acceptors (Lipinski definition) is 5. The van der Waals surface area contributed by atoms with Crippen LogP contribution in [0.5, 0.6) is 0 Å². The predicted molar refractivity (Wildman–Crippen MR) is 151 cm³/mol. The number of methoxy groups -OCH3 is 1. The minimum absolute atomic E-state index is 0.0121. The van der Waals surface area contributed by atoms with Crippen molar-refractivity contribution in [1.29, 1.82) is 0 Å². The van der Waals surface area contributed by atoms with Gasteiger partial charge in [-0.3, -0.25) is 14.6 Å². The normalized spacial score (nSPS) is 18.8. The summed E-state index contributed by atoms with van der Waals surface area (Å²) < 4.78 is 32.2. The number of aliphatic imine (C=N–C) groups is 1. The summed E-state index contributed by atoms with van der Waals surface area (Å²) in [6.45, 7) is 18.2. The maximum Gasteiger partial charge on any atom is 0.247 e. The molecule has 0 aromatic rings. The first kappa shape index (κ1) is 35.2. The molecule has 2 amide bonds. The zero-order valence-electron chi connectivity index (χ0n) is 24.1. The molecule has 1 fully saturated rings. The van der Waals surface area contributed by atoms with Crippen LogP contribution in [0.4, 0.5) is 8.78 Å². The Morgan fingerprint density at radius 3 is 2.39 bits per heavy atom. The van der Waals surface area contributed by atoms with Gasteiger partial charge in [0.1, 0.15) is 23.0 Å². The van der Waals surface area contributed by atoms with Crippen molar-refractivity contribution in [2.45, 2.75) is 91.3 Å². The van der Waals surface area contributed by atoms with Crippen molar-refractivity contribution < 1.29 is 23.1 Å². The molecule has 1 rings (SSSR count). The number of rotatable bonds is 13. The van der Waals surface area contributed by atoms with Crippen molar-refractivity contribution in [3.05, 3.63) is 47.9 Å². The van der Waals surface area contributed by atoms with Gasteiger partial charge in [0.15, 0.2) is 0 Å². The number of ether oxygens (including phenoxy) is 1. The highest BCUT2D eigenvalue weighted by Gasteiger charge is 2.28. The molecular weight excluding hydrogens is 492 g/mol. The Kier molecular flexibility index (Phi) is 17.0. The Morgan fingerprint density at radius 1 is 1.24 bits per heavy atom. The minimum atomic E-state index is -1.04. The maximum atomic E-state index is 13.9. The summed E-state index contributed by atoms with van der Waals surface area (Å²) in [5, 5.41) is 11.3. The van der Waals surface area contributed by atoms with Crippen LogP contribution < -0.4 is 21.3 Å². The van der Waals surface area contributed by atoms with Crippen LogP contribution in [0.15, 0.2) is 52.8 Å². The zero-order valence-corrected chi connectivity index (χ0v) is 24.1. The minimum Gasteiger partial charge on any atom is -0.383 e. The third-order valence-electron chi connectivity index (χ3n) is 5.57. The molecule has 0 spiro atoms. The molecule has 0 aromatic heterocycles. The lowest BCUT2D eigenvalue weighted by Gasteiger charge is -2.27. The molecule has 216 valence electrons. The van der Waals surface area contributed by atoms with Crippen molar-refractivity contribution in [1.82, 2.24) is 21.3 Å². The Bertz CT molecular complexity index is 893. The second-order valence-corrected chi connectivity index (χ2v) is 9.68. The second-order valence-electron chi connectivity index (χ2n) is 9.68. The van der Waals surface area contributed by atoms with Crippen LogP contribution in [0.25, 0.3) is 0 Å². The number of nitrogens with zero attached hydrogens (tertiary/aromatic N) is 1. The van der Waals surface area contributed by atoms with E-state index >= 15 is 0 Å². The zero-order chi connectivity index (χ0) is 29.3. The van der Waals surface area contributed by atoms with Crippen molar-refractivity contribution in [3.8, 4) is 0 Å². The highest BCUT2D eigenvalue weighted by atomic mass is 19.1. The van der Waals surface area contributed by atoms with Gasteiger partial charge in [0.2, 0.25) is 11.8 Å². The van der Waals surface area contributed by atoms with Crippen LogP contribution in [0.3, 0.4) is 0 Å². The van der Waals surface area contributed by atoms with E-state index in [0.29, 0.717) is 37.0 Å². The number of amides is 2. The van der Waals surface area contributed by atoms with E-state index in [4.69, 9.17) is 4.74 Å². The van der Waals surface area contributed by atoms with Crippen molar-refractivity contribution in [3.63, 3.8) is 0 Å². The molecule has 0 radical (unpaired) electrons. The first-order valence-electron chi connectivity index (χ1n) is 13.0. The number of halogens is 2. The van der Waals surface area contributed by atoms with E-state index in [2.05, 4.69) is 53.3 Å². The largest absolute Gasteiger partial charge is 0.383 e. The topological polar surface area (TPSA) is 104 Å². The molecule has 4 N–H and O–H groups in total. The number of carbonyl (C=O) groups excluding carboxylic acids is 2. The van der Waals surface area contributed by atoms with E-state index in [0.717, 1.165) is 6.42 Å². The Morgan fingerprint density at radius 2 is 1.87 bits per heavy atom. The Labute approximate surface area is 227 Å². The van der Waals surface area contributed by atoms with Gasteiger partial charge in [-0.05, 0) is 63.7 Å². The van der Waals surface area contributed by atoms with Gasteiger partial charge in [-0.2, -0.15) is 0 Å². The molecule has 1 saturated carbocycles. The highest BCUT2D eigenvalue weighted by molar-refractivity contribution is 5.87. The number of allylic oxidation sites excluding steroid dienone is 4. The average Bonchev–Trinajstić information content (AvgIpc) is 2.82. The standard InChI is InChI=1S/C25H39F2N5O3.C3H8/c1-8-20(14-35-7)32-24(34)25(5,6)30-15-29-18(4)31-23(33)13-28-21-10-9-19(11-16(2)26)22(12-21)17(3)27;1-3-2/h11,15,20-21,28H,2,4,8-10,12-14H2,1,3,5-7H3,(H,29,30)(H,31,33)(H,32,34);3H2,1-2H3/b19-11-,22-17+;. The lowest BCUT2D eigenvalue weighted by molar-refractivity contribution is -0.126. The molecule has 1 aliphatic rings. The third kappa shape index (κ3) is 14.2. The van der Waals surface area contributed by atoms with Crippen molar-refractivity contribution in [2.75, 3.05) is 20.3 Å². The Hall–Kier alpha value is -2.85. The summed E-state index contributed by atoms with van der Waals surface area (Å²) >= 11 is 0. The first-order chi connectivity index (χ1) is 17.8. The first-order valence-corrected chi connectivity index (χ1v) is 13.0. The summed E-state index contributed by atoms with van der Waals surface area (Å²) in [7, 11) is 1.58. The van der Waals surface area contributed by atoms with Gasteiger partial charge in [-0.15, -0.1) is 0 Å². The van der Waals surface area contributed by atoms with E-state index in [1.165, 1.54) is 25.8 Å². The van der Waals surface area contributed by atoms with Gasteiger partial charge in [0.25, 0.3) is 0 Å². The molecule has 0 bridgehead atoms. The van der Waals surface area contributed by atoms with Gasteiger partial charge in [-0.25, -0.2) is 8.78 Å². The SMILES string of the molecule is C=C(F)/C=C1/CCC(NCC(=O)NC(=C)NC=NC(C)(C)C(=O)NC(CC)COC)C/C1=C(/C)F.CCC. The molecule has 10 heteroatoms. The van der Waals surface area contributed by atoms with Gasteiger partial charge in [0.05, 0.1) is 25.5 Å². The van der Waals surface area contributed by atoms with Crippen molar-refractivity contribution in [2.24, 2.45) is 4.99 Å². The molecule has 0 aliphatic heterocycles. The molecule has 2 unspecified atom stereocenters. The van der Waals surface area contributed by atoms with E-state index < -0.39 is 11.4 Å². The van der Waals surface area contributed by atoms with Gasteiger partial charge < -0.3 is 26.0 Å². The van der Waals surface area contributed by atoms with Crippen LogP contribution in [0.2, 0.25) is 0 Å². The number of hydrogen-bond donors (Lipinski definition) is 4. The molecule has 38 heavy (non-hydrogen) atoms. The molecule has 0 saturated heterocycles. The third-order valence-corrected chi connectivity index (χ3v) is 5.57. The van der Waals surface area contributed by atoms with Crippen LogP contribution in [-0.2, 0) is 14.3 Å². The summed E-state index contributed by atoms with van der Waals surface area (Å²) in [5.41, 5.74) is -0.00507. The lowest BCUT2D eigenvalue weighted by Crippen LogP contribution is -2.47. The maximum absolute atomic E-state index is 13.9. The van der Waals surface area contributed by atoms with Crippen molar-refractivity contribution >= 4 is 18.2 Å². The second kappa shape index (κ2) is 18.4. The van der Waals surface area contributed by atoms with Gasteiger partial charge in [-0.1, -0.05) is 40.3 Å². The molecule has 0 aromatic carbocycles. The van der Waals surface area contributed by atoms with Crippen LogP contribution in [-0.4, -0.2) is 56.0 Å². The van der Waals surface area contributed by atoms with E-state index in [1.54, 1.807) is 21.0 Å². The van der Waals surface area contributed by atoms with Crippen LogP contribution >= 0.6 is 0 Å². The highest BCUT2D eigenvalue weighted by Crippen LogP contribution is 2.32. The molecule has 1 aliphatic carbocycles. The number of carbonyl (C=O) groups is 2. The van der Waals surface area contributed by atoms with Crippen LogP contribution in [0, 0.1) is 0 Å². The molecule has 0 heterocycles. The van der Waals surface area contributed by atoms with Gasteiger partial charge >= 0.3 is 0 Å². The lowest BCUT2D eigenvalue weighted by atomic mass is 9.85. The summed E-state index contributed by atoms with van der Waals surface area (Å²) in [5.74, 6) is -1.39. The van der Waals surface area contributed by atoms with E-state index in [-0.39, 0.29) is 42.1 Å².